The van der Waals surface area contributed by atoms with Crippen molar-refractivity contribution in [2.24, 2.45) is 4.99 Å². The summed E-state index contributed by atoms with van der Waals surface area (Å²) in [6.45, 7) is 11.9. The van der Waals surface area contributed by atoms with Crippen molar-refractivity contribution in [1.82, 2.24) is 25.0 Å². The highest BCUT2D eigenvalue weighted by molar-refractivity contribution is 5.86. The van der Waals surface area contributed by atoms with E-state index in [1.165, 1.54) is 28.5 Å². The number of hydrogen-bond donors (Lipinski definition) is 2. The van der Waals surface area contributed by atoms with Gasteiger partial charge in [-0.15, -0.1) is 0 Å². The SMILES string of the molecule is CCNC(=NCCc1c[nH]c2c(C)cccc12)N1CCN(CC(=O)N2CCCCC2)CC1. The average molecular weight is 439 g/mol. The molecule has 2 fully saturated rings. The number of piperidine rings is 1. The number of aliphatic imine (C=N–C) groups is 1. The zero-order valence-electron chi connectivity index (χ0n) is 19.7. The van der Waals surface area contributed by atoms with Gasteiger partial charge in [0.2, 0.25) is 5.91 Å². The molecule has 2 aliphatic rings. The number of amides is 1. The van der Waals surface area contributed by atoms with Gasteiger partial charge in [-0.05, 0) is 50.7 Å². The number of carbonyl (C=O) groups excluding carboxylic acids is 1. The number of aromatic nitrogens is 1. The summed E-state index contributed by atoms with van der Waals surface area (Å²) in [6, 6.07) is 6.45. The molecule has 1 aromatic carbocycles. The van der Waals surface area contributed by atoms with Crippen LogP contribution in [0.25, 0.3) is 10.9 Å². The maximum atomic E-state index is 12.6. The monoisotopic (exact) mass is 438 g/mol. The number of piperazine rings is 1. The van der Waals surface area contributed by atoms with E-state index >= 15 is 0 Å². The lowest BCUT2D eigenvalue weighted by molar-refractivity contribution is -0.133. The van der Waals surface area contributed by atoms with Gasteiger partial charge in [-0.2, -0.15) is 0 Å². The van der Waals surface area contributed by atoms with Gasteiger partial charge in [0.25, 0.3) is 0 Å². The highest BCUT2D eigenvalue weighted by atomic mass is 16.2. The summed E-state index contributed by atoms with van der Waals surface area (Å²) >= 11 is 0. The topological polar surface area (TPSA) is 67.0 Å². The molecule has 3 heterocycles. The largest absolute Gasteiger partial charge is 0.361 e. The van der Waals surface area contributed by atoms with E-state index < -0.39 is 0 Å². The number of nitrogens with zero attached hydrogens (tertiary/aromatic N) is 4. The van der Waals surface area contributed by atoms with E-state index in [-0.39, 0.29) is 0 Å². The van der Waals surface area contributed by atoms with Crippen LogP contribution in [0.1, 0.15) is 37.3 Å². The van der Waals surface area contributed by atoms with E-state index in [9.17, 15) is 4.79 Å². The molecule has 0 radical (unpaired) electrons. The van der Waals surface area contributed by atoms with Crippen LogP contribution in [0, 0.1) is 6.92 Å². The fourth-order valence-corrected chi connectivity index (χ4v) is 4.83. The van der Waals surface area contributed by atoms with Gasteiger partial charge in [0.15, 0.2) is 5.96 Å². The Balaban J connectivity index is 1.29. The fraction of sp³-hybridized carbons (Fsp3) is 0.600. The molecular weight excluding hydrogens is 400 g/mol. The van der Waals surface area contributed by atoms with Crippen molar-refractivity contribution in [3.63, 3.8) is 0 Å². The van der Waals surface area contributed by atoms with Gasteiger partial charge in [-0.1, -0.05) is 18.2 Å². The average Bonchev–Trinajstić information content (AvgIpc) is 3.24. The molecule has 0 atom stereocenters. The Morgan fingerprint density at radius 2 is 1.84 bits per heavy atom. The van der Waals surface area contributed by atoms with Crippen LogP contribution in [0.4, 0.5) is 0 Å². The molecule has 174 valence electrons. The van der Waals surface area contributed by atoms with Crippen LogP contribution in [0.5, 0.6) is 0 Å². The van der Waals surface area contributed by atoms with Crippen molar-refractivity contribution in [1.29, 1.82) is 0 Å². The second kappa shape index (κ2) is 10.9. The Bertz CT molecular complexity index is 922. The van der Waals surface area contributed by atoms with E-state index in [1.807, 2.05) is 4.90 Å². The van der Waals surface area contributed by atoms with Crippen LogP contribution < -0.4 is 5.32 Å². The summed E-state index contributed by atoms with van der Waals surface area (Å²) < 4.78 is 0. The Morgan fingerprint density at radius 3 is 2.59 bits per heavy atom. The zero-order chi connectivity index (χ0) is 22.3. The molecule has 0 aliphatic carbocycles. The van der Waals surface area contributed by atoms with Crippen LogP contribution >= 0.6 is 0 Å². The normalized spacial score (nSPS) is 18.4. The summed E-state index contributed by atoms with van der Waals surface area (Å²) in [7, 11) is 0. The predicted molar refractivity (Wildman–Crippen MR) is 131 cm³/mol. The molecule has 32 heavy (non-hydrogen) atoms. The number of benzene rings is 1. The van der Waals surface area contributed by atoms with Gasteiger partial charge in [-0.3, -0.25) is 14.7 Å². The molecule has 0 unspecified atom stereocenters. The first-order valence-electron chi connectivity index (χ1n) is 12.2. The molecule has 0 bridgehead atoms. The number of hydrogen-bond acceptors (Lipinski definition) is 3. The standard InChI is InChI=1S/C25H38N6O/c1-3-26-25(27-11-10-21-18-28-24-20(2)8-7-9-22(21)24)31-16-14-29(15-17-31)19-23(32)30-12-5-4-6-13-30/h7-9,18,28H,3-6,10-17,19H2,1-2H3,(H,26,27). The molecule has 4 rings (SSSR count). The molecule has 1 aromatic heterocycles. The van der Waals surface area contributed by atoms with Gasteiger partial charge in [0.05, 0.1) is 6.54 Å². The van der Waals surface area contributed by atoms with Gasteiger partial charge >= 0.3 is 0 Å². The summed E-state index contributed by atoms with van der Waals surface area (Å²) in [5, 5.41) is 4.76. The zero-order valence-corrected chi connectivity index (χ0v) is 19.7. The maximum Gasteiger partial charge on any atom is 0.236 e. The van der Waals surface area contributed by atoms with E-state index in [0.717, 1.165) is 77.6 Å². The fourth-order valence-electron chi connectivity index (χ4n) is 4.83. The number of guanidine groups is 1. The van der Waals surface area contributed by atoms with E-state index in [2.05, 4.69) is 58.3 Å². The number of aryl methyl sites for hydroxylation is 1. The number of aromatic amines is 1. The van der Waals surface area contributed by atoms with E-state index in [4.69, 9.17) is 4.99 Å². The number of fused-ring (bicyclic) bond motifs is 1. The Hall–Kier alpha value is -2.54. The van der Waals surface area contributed by atoms with Crippen molar-refractivity contribution in [2.45, 2.75) is 39.5 Å². The lowest BCUT2D eigenvalue weighted by Gasteiger charge is -2.37. The molecule has 7 heteroatoms. The van der Waals surface area contributed by atoms with Crippen molar-refractivity contribution >= 4 is 22.8 Å². The minimum atomic E-state index is 0.299. The van der Waals surface area contributed by atoms with Gasteiger partial charge in [0.1, 0.15) is 0 Å². The number of nitrogens with one attached hydrogen (secondary N) is 2. The Kier molecular flexibility index (Phi) is 7.68. The number of para-hydroxylation sites is 1. The minimum Gasteiger partial charge on any atom is -0.361 e. The summed E-state index contributed by atoms with van der Waals surface area (Å²) in [6.07, 6.45) is 6.61. The van der Waals surface area contributed by atoms with Crippen LogP contribution in [-0.4, -0.2) is 90.5 Å². The van der Waals surface area contributed by atoms with Crippen LogP contribution in [-0.2, 0) is 11.2 Å². The van der Waals surface area contributed by atoms with Crippen LogP contribution in [0.3, 0.4) is 0 Å². The molecule has 2 aliphatic heterocycles. The quantitative estimate of drug-likeness (QED) is 0.538. The minimum absolute atomic E-state index is 0.299. The molecule has 0 saturated carbocycles. The second-order valence-electron chi connectivity index (χ2n) is 9.00. The number of rotatable bonds is 6. The third-order valence-corrected chi connectivity index (χ3v) is 6.73. The first kappa shape index (κ1) is 22.6. The number of H-pyrrole nitrogens is 1. The van der Waals surface area contributed by atoms with Crippen molar-refractivity contribution in [2.75, 3.05) is 58.9 Å². The molecule has 7 nitrogen and oxygen atoms in total. The smallest absolute Gasteiger partial charge is 0.236 e. The molecule has 2 N–H and O–H groups in total. The molecule has 1 amide bonds. The first-order chi connectivity index (χ1) is 15.7. The third kappa shape index (κ3) is 5.44. The summed E-state index contributed by atoms with van der Waals surface area (Å²) in [4.78, 5) is 27.6. The van der Waals surface area contributed by atoms with Crippen molar-refractivity contribution in [3.05, 3.63) is 35.5 Å². The predicted octanol–water partition coefficient (Wildman–Crippen LogP) is 2.61. The lowest BCUT2D eigenvalue weighted by Crippen LogP contribution is -2.54. The van der Waals surface area contributed by atoms with Crippen LogP contribution in [0.2, 0.25) is 0 Å². The summed E-state index contributed by atoms with van der Waals surface area (Å²) in [5.74, 6) is 1.29. The Labute approximate surface area is 191 Å². The number of carbonyl (C=O) groups is 1. The number of likely N-dealkylation sites (tertiary alicyclic amines) is 1. The molecule has 0 spiro atoms. The lowest BCUT2D eigenvalue weighted by atomic mass is 10.1. The van der Waals surface area contributed by atoms with Crippen molar-refractivity contribution in [3.8, 4) is 0 Å². The maximum absolute atomic E-state index is 12.6. The van der Waals surface area contributed by atoms with E-state index in [0.29, 0.717) is 12.5 Å². The summed E-state index contributed by atoms with van der Waals surface area (Å²) in [5.41, 5.74) is 3.83. The highest BCUT2D eigenvalue weighted by Gasteiger charge is 2.24. The Morgan fingerprint density at radius 1 is 1.06 bits per heavy atom. The van der Waals surface area contributed by atoms with Crippen LogP contribution in [0.15, 0.2) is 29.4 Å². The van der Waals surface area contributed by atoms with Crippen molar-refractivity contribution < 1.29 is 4.79 Å². The first-order valence-corrected chi connectivity index (χ1v) is 12.2. The third-order valence-electron chi connectivity index (χ3n) is 6.73. The van der Waals surface area contributed by atoms with Gasteiger partial charge < -0.3 is 20.1 Å². The second-order valence-corrected chi connectivity index (χ2v) is 9.00. The van der Waals surface area contributed by atoms with Gasteiger partial charge in [0, 0.05) is 69.5 Å². The van der Waals surface area contributed by atoms with E-state index in [1.54, 1.807) is 0 Å². The highest BCUT2D eigenvalue weighted by Crippen LogP contribution is 2.21. The van der Waals surface area contributed by atoms with Gasteiger partial charge in [-0.25, -0.2) is 0 Å². The molecule has 2 saturated heterocycles. The molecular formula is C25H38N6O. The molecule has 2 aromatic rings.